The van der Waals surface area contributed by atoms with E-state index in [9.17, 15) is 18.4 Å². The first-order valence-corrected chi connectivity index (χ1v) is 7.77. The van der Waals surface area contributed by atoms with Gasteiger partial charge in [-0.1, -0.05) is 12.1 Å². The van der Waals surface area contributed by atoms with Crippen molar-refractivity contribution >= 4 is 24.2 Å². The number of hydrogen-bond acceptors (Lipinski definition) is 4. The lowest BCUT2D eigenvalue weighted by Gasteiger charge is -2.12. The van der Waals surface area contributed by atoms with E-state index in [1.807, 2.05) is 6.92 Å². The number of carbonyl (C=O) groups excluding carboxylic acids is 2. The summed E-state index contributed by atoms with van der Waals surface area (Å²) in [5, 5.41) is 7.75. The van der Waals surface area contributed by atoms with Gasteiger partial charge in [-0.05, 0) is 24.6 Å². The third-order valence-electron chi connectivity index (χ3n) is 3.54. The minimum absolute atomic E-state index is 0. The molecule has 1 saturated heterocycles. The van der Waals surface area contributed by atoms with Crippen molar-refractivity contribution in [3.63, 3.8) is 0 Å². The van der Waals surface area contributed by atoms with Crippen molar-refractivity contribution in [1.82, 2.24) is 16.0 Å². The van der Waals surface area contributed by atoms with E-state index in [-0.39, 0.29) is 31.5 Å². The molecule has 3 N–H and O–H groups in total. The van der Waals surface area contributed by atoms with Gasteiger partial charge in [-0.2, -0.15) is 0 Å². The summed E-state index contributed by atoms with van der Waals surface area (Å²) in [6.07, 6.45) is -0.492. The fourth-order valence-electron chi connectivity index (χ4n) is 2.36. The largest absolute Gasteiger partial charge is 0.484 e. The number of hydrogen-bond donors (Lipinski definition) is 3. The number of benzene rings is 1. The average molecular weight is 378 g/mol. The van der Waals surface area contributed by atoms with Crippen molar-refractivity contribution in [2.75, 3.05) is 19.7 Å². The quantitative estimate of drug-likeness (QED) is 0.668. The van der Waals surface area contributed by atoms with Crippen molar-refractivity contribution in [3.05, 3.63) is 29.8 Å². The molecule has 140 valence electrons. The highest BCUT2D eigenvalue weighted by Gasteiger charge is 2.42. The minimum atomic E-state index is -2.84. The zero-order chi connectivity index (χ0) is 17.6. The normalized spacial score (nSPS) is 18.1. The number of ether oxygens (including phenoxy) is 1. The summed E-state index contributed by atoms with van der Waals surface area (Å²) >= 11 is 0. The number of alkyl halides is 2. The molecule has 6 nitrogen and oxygen atoms in total. The van der Waals surface area contributed by atoms with E-state index in [1.165, 1.54) is 0 Å². The molecule has 2 amide bonds. The first kappa shape index (κ1) is 21.1. The van der Waals surface area contributed by atoms with Crippen LogP contribution >= 0.6 is 12.4 Å². The molecule has 0 aliphatic carbocycles. The number of halogens is 3. The highest BCUT2D eigenvalue weighted by Crippen LogP contribution is 2.25. The molecule has 1 atom stereocenters. The summed E-state index contributed by atoms with van der Waals surface area (Å²) in [6.45, 7) is 1.97. The molecule has 0 bridgehead atoms. The lowest BCUT2D eigenvalue weighted by molar-refractivity contribution is -0.124. The molecule has 1 heterocycles. The molecule has 0 aromatic heterocycles. The van der Waals surface area contributed by atoms with Crippen LogP contribution in [0.2, 0.25) is 0 Å². The third kappa shape index (κ3) is 6.83. The van der Waals surface area contributed by atoms with Gasteiger partial charge in [0.2, 0.25) is 5.91 Å². The molecule has 0 saturated carbocycles. The van der Waals surface area contributed by atoms with Gasteiger partial charge in [-0.25, -0.2) is 8.78 Å². The molecule has 0 radical (unpaired) electrons. The van der Waals surface area contributed by atoms with Gasteiger partial charge in [-0.15, -0.1) is 12.4 Å². The molecule has 2 rings (SSSR count). The lowest BCUT2D eigenvalue weighted by atomic mass is 10.1. The molecule has 1 unspecified atom stereocenters. The van der Waals surface area contributed by atoms with Gasteiger partial charge in [0.05, 0.1) is 12.6 Å². The molecule has 1 aromatic rings. The standard InChI is InChI=1S/C16H21F2N3O3.ClH/c1-2-19-14(22)9-24-12-5-3-4-11(6-12)8-20-15(23)13-7-16(17,18)10-21-13;/h3-6,13,21H,2,7-10H2,1H3,(H,19,22)(H,20,23);1H. The summed E-state index contributed by atoms with van der Waals surface area (Å²) in [5.74, 6) is -3.02. The van der Waals surface area contributed by atoms with Crippen LogP contribution in [0, 0.1) is 0 Å². The van der Waals surface area contributed by atoms with Crippen LogP contribution < -0.4 is 20.7 Å². The maximum atomic E-state index is 13.1. The zero-order valence-electron chi connectivity index (χ0n) is 13.8. The Hall–Kier alpha value is -1.93. The van der Waals surface area contributed by atoms with E-state index in [2.05, 4.69) is 16.0 Å². The van der Waals surface area contributed by atoms with Crippen LogP contribution in [0.25, 0.3) is 0 Å². The van der Waals surface area contributed by atoms with Crippen molar-refractivity contribution in [1.29, 1.82) is 0 Å². The zero-order valence-corrected chi connectivity index (χ0v) is 14.6. The van der Waals surface area contributed by atoms with Crippen molar-refractivity contribution in [3.8, 4) is 5.75 Å². The maximum Gasteiger partial charge on any atom is 0.262 e. The molecule has 1 aliphatic rings. The van der Waals surface area contributed by atoms with Gasteiger partial charge in [0, 0.05) is 19.5 Å². The number of likely N-dealkylation sites (N-methyl/N-ethyl adjacent to an activating group) is 1. The summed E-state index contributed by atoms with van der Waals surface area (Å²) in [7, 11) is 0. The molecular weight excluding hydrogens is 356 g/mol. The number of amides is 2. The summed E-state index contributed by atoms with van der Waals surface area (Å²) in [5.41, 5.74) is 0.751. The lowest BCUT2D eigenvalue weighted by Crippen LogP contribution is -2.40. The SMILES string of the molecule is CCNC(=O)COc1cccc(CNC(=O)C2CC(F)(F)CN2)c1.Cl. The second-order valence-electron chi connectivity index (χ2n) is 5.60. The van der Waals surface area contributed by atoms with Gasteiger partial charge in [0.1, 0.15) is 5.75 Å². The molecule has 9 heteroatoms. The van der Waals surface area contributed by atoms with E-state index >= 15 is 0 Å². The Morgan fingerprint density at radius 3 is 2.76 bits per heavy atom. The average Bonchev–Trinajstić information content (AvgIpc) is 2.91. The van der Waals surface area contributed by atoms with Gasteiger partial charge in [-0.3, -0.25) is 14.9 Å². The van der Waals surface area contributed by atoms with Crippen molar-refractivity contribution < 1.29 is 23.1 Å². The second kappa shape index (κ2) is 9.53. The molecule has 25 heavy (non-hydrogen) atoms. The van der Waals surface area contributed by atoms with Crippen LogP contribution in [0.15, 0.2) is 24.3 Å². The minimum Gasteiger partial charge on any atom is -0.484 e. The fourth-order valence-corrected chi connectivity index (χ4v) is 2.36. The fraction of sp³-hybridized carbons (Fsp3) is 0.500. The molecular formula is C16H22ClF2N3O3. The molecule has 1 fully saturated rings. The summed E-state index contributed by atoms with van der Waals surface area (Å²) in [4.78, 5) is 23.2. The monoisotopic (exact) mass is 377 g/mol. The van der Waals surface area contributed by atoms with Crippen molar-refractivity contribution in [2.45, 2.75) is 31.9 Å². The maximum absolute atomic E-state index is 13.1. The highest BCUT2D eigenvalue weighted by atomic mass is 35.5. The second-order valence-corrected chi connectivity index (χ2v) is 5.60. The van der Waals surface area contributed by atoms with E-state index in [0.29, 0.717) is 12.3 Å². The van der Waals surface area contributed by atoms with Crippen LogP contribution in [0.4, 0.5) is 8.78 Å². The molecule has 0 spiro atoms. The van der Waals surface area contributed by atoms with Crippen LogP contribution in [0.3, 0.4) is 0 Å². The van der Waals surface area contributed by atoms with Gasteiger partial charge >= 0.3 is 0 Å². The number of carbonyl (C=O) groups is 2. The summed E-state index contributed by atoms with van der Waals surface area (Å²) in [6, 6.07) is 6.02. The Bertz CT molecular complexity index is 602. The van der Waals surface area contributed by atoms with Gasteiger partial charge < -0.3 is 15.4 Å². The molecule has 1 aliphatic heterocycles. The topological polar surface area (TPSA) is 79.5 Å². The van der Waals surface area contributed by atoms with E-state index in [4.69, 9.17) is 4.74 Å². The first-order valence-electron chi connectivity index (χ1n) is 7.77. The van der Waals surface area contributed by atoms with Crippen molar-refractivity contribution in [2.24, 2.45) is 0 Å². The first-order chi connectivity index (χ1) is 11.4. The Morgan fingerprint density at radius 2 is 2.12 bits per heavy atom. The van der Waals surface area contributed by atoms with Crippen LogP contribution in [-0.4, -0.2) is 43.5 Å². The number of nitrogens with one attached hydrogen (secondary N) is 3. The Kier molecular flexibility index (Phi) is 8.05. The number of rotatable bonds is 7. The van der Waals surface area contributed by atoms with Crippen LogP contribution in [0.1, 0.15) is 18.9 Å². The Morgan fingerprint density at radius 1 is 1.36 bits per heavy atom. The predicted octanol–water partition coefficient (Wildman–Crippen LogP) is 1.24. The van der Waals surface area contributed by atoms with E-state index < -0.39 is 30.8 Å². The Labute approximate surface area is 151 Å². The van der Waals surface area contributed by atoms with Gasteiger partial charge in [0.15, 0.2) is 6.61 Å². The summed E-state index contributed by atoms with van der Waals surface area (Å²) < 4.78 is 31.5. The van der Waals surface area contributed by atoms with Crippen LogP contribution in [0.5, 0.6) is 5.75 Å². The van der Waals surface area contributed by atoms with E-state index in [0.717, 1.165) is 5.56 Å². The van der Waals surface area contributed by atoms with E-state index in [1.54, 1.807) is 24.3 Å². The predicted molar refractivity (Wildman–Crippen MR) is 91.1 cm³/mol. The van der Waals surface area contributed by atoms with Gasteiger partial charge in [0.25, 0.3) is 11.8 Å². The van der Waals surface area contributed by atoms with Crippen LogP contribution in [-0.2, 0) is 16.1 Å². The Balaban J connectivity index is 0.00000312. The smallest absolute Gasteiger partial charge is 0.262 e. The molecule has 1 aromatic carbocycles. The third-order valence-corrected chi connectivity index (χ3v) is 3.54. The highest BCUT2D eigenvalue weighted by molar-refractivity contribution is 5.85.